The van der Waals surface area contributed by atoms with Gasteiger partial charge in [-0.1, -0.05) is 6.07 Å². The molecule has 0 bridgehead atoms. The maximum absolute atomic E-state index is 13.0. The maximum Gasteiger partial charge on any atom is 0.408 e. The van der Waals surface area contributed by atoms with E-state index in [1.165, 1.54) is 0 Å². The first-order valence-electron chi connectivity index (χ1n) is 8.44. The van der Waals surface area contributed by atoms with Gasteiger partial charge < -0.3 is 9.14 Å². The van der Waals surface area contributed by atoms with E-state index in [-0.39, 0.29) is 11.7 Å². The smallest absolute Gasteiger partial charge is 0.381 e. The van der Waals surface area contributed by atoms with Crippen LogP contribution in [-0.4, -0.2) is 43.5 Å². The van der Waals surface area contributed by atoms with Crippen LogP contribution in [0.1, 0.15) is 30.1 Å². The molecule has 1 aliphatic rings. The maximum atomic E-state index is 13.0. The number of hydrogen-bond acceptors (Lipinski definition) is 4. The van der Waals surface area contributed by atoms with Crippen LogP contribution >= 0.6 is 0 Å². The first-order valence-corrected chi connectivity index (χ1v) is 8.44. The van der Waals surface area contributed by atoms with E-state index in [0.717, 1.165) is 10.2 Å². The molecule has 0 aromatic carbocycles. The van der Waals surface area contributed by atoms with E-state index in [1.807, 2.05) is 25.3 Å². The molecule has 1 aliphatic heterocycles. The fraction of sp³-hybridized carbons (Fsp3) is 0.471. The van der Waals surface area contributed by atoms with Crippen LogP contribution in [0.15, 0.2) is 24.5 Å². The van der Waals surface area contributed by atoms with Gasteiger partial charge in [-0.05, 0) is 31.4 Å². The zero-order valence-electron chi connectivity index (χ0n) is 14.2. The van der Waals surface area contributed by atoms with Crippen LogP contribution in [0.4, 0.5) is 13.2 Å². The van der Waals surface area contributed by atoms with Crippen LogP contribution in [-0.2, 0) is 11.3 Å². The standard InChI is InChI=1S/C17H18F3N5O/c1-11-2-3-14-21-13(9-24(14)8-11)16-22-15(12-4-6-26-7-5-12)23-25(16)10-17(18,19)20/h2-3,8-9,12H,4-7,10H2,1H3. The summed E-state index contributed by atoms with van der Waals surface area (Å²) in [5.41, 5.74) is 2.06. The summed E-state index contributed by atoms with van der Waals surface area (Å²) in [5.74, 6) is 0.585. The number of rotatable bonds is 3. The van der Waals surface area contributed by atoms with Gasteiger partial charge in [-0.2, -0.15) is 18.3 Å². The van der Waals surface area contributed by atoms with Crippen molar-refractivity contribution in [3.8, 4) is 11.5 Å². The molecular weight excluding hydrogens is 347 g/mol. The van der Waals surface area contributed by atoms with E-state index >= 15 is 0 Å². The van der Waals surface area contributed by atoms with E-state index in [1.54, 1.807) is 10.6 Å². The molecule has 0 atom stereocenters. The highest BCUT2D eigenvalue weighted by Gasteiger charge is 2.32. The SMILES string of the molecule is Cc1ccc2nc(-c3nc(C4CCOCC4)nn3CC(F)(F)F)cn2c1. The number of aryl methyl sites for hydroxylation is 1. The van der Waals surface area contributed by atoms with Crippen LogP contribution in [0.5, 0.6) is 0 Å². The van der Waals surface area contributed by atoms with Gasteiger partial charge in [0.05, 0.1) is 0 Å². The zero-order chi connectivity index (χ0) is 18.3. The van der Waals surface area contributed by atoms with Gasteiger partial charge in [-0.3, -0.25) is 0 Å². The lowest BCUT2D eigenvalue weighted by Gasteiger charge is -2.18. The minimum Gasteiger partial charge on any atom is -0.381 e. The minimum atomic E-state index is -4.38. The average Bonchev–Trinajstić information content (AvgIpc) is 3.17. The first-order chi connectivity index (χ1) is 12.4. The van der Waals surface area contributed by atoms with Gasteiger partial charge in [0.15, 0.2) is 11.6 Å². The Balaban J connectivity index is 1.77. The number of pyridine rings is 1. The third kappa shape index (κ3) is 3.44. The third-order valence-electron chi connectivity index (χ3n) is 4.43. The second kappa shape index (κ2) is 6.39. The topological polar surface area (TPSA) is 57.2 Å². The van der Waals surface area contributed by atoms with E-state index < -0.39 is 12.7 Å². The van der Waals surface area contributed by atoms with Crippen molar-refractivity contribution in [2.45, 2.75) is 38.4 Å². The van der Waals surface area contributed by atoms with E-state index in [4.69, 9.17) is 4.74 Å². The number of fused-ring (bicyclic) bond motifs is 1. The molecule has 0 radical (unpaired) electrons. The van der Waals surface area contributed by atoms with Gasteiger partial charge in [0.25, 0.3) is 0 Å². The Hall–Kier alpha value is -2.42. The molecule has 1 fully saturated rings. The Morgan fingerprint density at radius 1 is 1.15 bits per heavy atom. The number of nitrogens with zero attached hydrogens (tertiary/aromatic N) is 5. The van der Waals surface area contributed by atoms with Crippen molar-refractivity contribution in [1.29, 1.82) is 0 Å². The quantitative estimate of drug-likeness (QED) is 0.714. The van der Waals surface area contributed by atoms with Gasteiger partial charge in [-0.25, -0.2) is 14.6 Å². The Morgan fingerprint density at radius 3 is 2.65 bits per heavy atom. The lowest BCUT2D eigenvalue weighted by molar-refractivity contribution is -0.142. The summed E-state index contributed by atoms with van der Waals surface area (Å²) in [6.45, 7) is 1.89. The lowest BCUT2D eigenvalue weighted by Crippen LogP contribution is -2.20. The molecule has 0 N–H and O–H groups in total. The molecular formula is C17H18F3N5O. The Morgan fingerprint density at radius 2 is 1.92 bits per heavy atom. The highest BCUT2D eigenvalue weighted by Crippen LogP contribution is 2.29. The minimum absolute atomic E-state index is 0.0104. The van der Waals surface area contributed by atoms with Gasteiger partial charge in [-0.15, -0.1) is 0 Å². The molecule has 4 heterocycles. The van der Waals surface area contributed by atoms with Crippen LogP contribution in [0.2, 0.25) is 0 Å². The molecule has 1 saturated heterocycles. The van der Waals surface area contributed by atoms with E-state index in [0.29, 0.717) is 43.2 Å². The summed E-state index contributed by atoms with van der Waals surface area (Å²) in [5, 5.41) is 4.16. The summed E-state index contributed by atoms with van der Waals surface area (Å²) >= 11 is 0. The monoisotopic (exact) mass is 365 g/mol. The second-order valence-corrected chi connectivity index (χ2v) is 6.55. The fourth-order valence-electron chi connectivity index (χ4n) is 3.17. The predicted octanol–water partition coefficient (Wildman–Crippen LogP) is 3.36. The highest BCUT2D eigenvalue weighted by molar-refractivity contribution is 5.56. The summed E-state index contributed by atoms with van der Waals surface area (Å²) in [4.78, 5) is 8.85. The first kappa shape index (κ1) is 17.0. The van der Waals surface area contributed by atoms with Crippen LogP contribution < -0.4 is 0 Å². The summed E-state index contributed by atoms with van der Waals surface area (Å²) in [6.07, 6.45) is 0.591. The summed E-state index contributed by atoms with van der Waals surface area (Å²) in [7, 11) is 0. The van der Waals surface area contributed by atoms with Crippen molar-refractivity contribution in [2.24, 2.45) is 0 Å². The van der Waals surface area contributed by atoms with E-state index in [9.17, 15) is 13.2 Å². The molecule has 0 unspecified atom stereocenters. The molecule has 0 amide bonds. The normalized spacial score (nSPS) is 16.5. The molecule has 26 heavy (non-hydrogen) atoms. The zero-order valence-corrected chi connectivity index (χ0v) is 14.2. The second-order valence-electron chi connectivity index (χ2n) is 6.55. The molecule has 6 nitrogen and oxygen atoms in total. The van der Waals surface area contributed by atoms with Crippen molar-refractivity contribution >= 4 is 5.65 Å². The fourth-order valence-corrected chi connectivity index (χ4v) is 3.17. The van der Waals surface area contributed by atoms with Crippen molar-refractivity contribution in [1.82, 2.24) is 24.1 Å². The molecule has 138 valence electrons. The largest absolute Gasteiger partial charge is 0.408 e. The van der Waals surface area contributed by atoms with Crippen LogP contribution in [0.25, 0.3) is 17.2 Å². The van der Waals surface area contributed by atoms with Gasteiger partial charge >= 0.3 is 6.18 Å². The van der Waals surface area contributed by atoms with E-state index in [2.05, 4.69) is 15.1 Å². The number of alkyl halides is 3. The third-order valence-corrected chi connectivity index (χ3v) is 4.43. The van der Waals surface area contributed by atoms with Crippen LogP contribution in [0, 0.1) is 6.92 Å². The van der Waals surface area contributed by atoms with Gasteiger partial charge in [0.2, 0.25) is 0 Å². The predicted molar refractivity (Wildman–Crippen MR) is 87.8 cm³/mol. The molecule has 3 aromatic rings. The molecule has 9 heteroatoms. The number of ether oxygens (including phenoxy) is 1. The number of halogens is 3. The number of imidazole rings is 1. The molecule has 3 aromatic heterocycles. The molecule has 4 rings (SSSR count). The summed E-state index contributed by atoms with van der Waals surface area (Å²) in [6, 6.07) is 3.72. The molecule has 0 saturated carbocycles. The molecule has 0 aliphatic carbocycles. The van der Waals surface area contributed by atoms with Crippen molar-refractivity contribution in [3.63, 3.8) is 0 Å². The van der Waals surface area contributed by atoms with Gasteiger partial charge in [0, 0.05) is 31.5 Å². The van der Waals surface area contributed by atoms with Crippen molar-refractivity contribution in [3.05, 3.63) is 35.9 Å². The lowest BCUT2D eigenvalue weighted by atomic mass is 10.00. The number of aromatic nitrogens is 5. The Labute approximate surface area is 147 Å². The Bertz CT molecular complexity index is 924. The average molecular weight is 365 g/mol. The molecule has 0 spiro atoms. The van der Waals surface area contributed by atoms with Crippen molar-refractivity contribution in [2.75, 3.05) is 13.2 Å². The number of hydrogen-bond donors (Lipinski definition) is 0. The van der Waals surface area contributed by atoms with Gasteiger partial charge in [0.1, 0.15) is 17.9 Å². The van der Waals surface area contributed by atoms with Crippen LogP contribution in [0.3, 0.4) is 0 Å². The highest BCUT2D eigenvalue weighted by atomic mass is 19.4. The van der Waals surface area contributed by atoms with Crippen molar-refractivity contribution < 1.29 is 17.9 Å². The Kier molecular flexibility index (Phi) is 4.18. The summed E-state index contributed by atoms with van der Waals surface area (Å²) < 4.78 is 47.1.